The molecule has 0 spiro atoms. The lowest BCUT2D eigenvalue weighted by molar-refractivity contribution is 0.141. The van der Waals surface area contributed by atoms with Gasteiger partial charge in [0, 0.05) is 37.1 Å². The molecule has 0 radical (unpaired) electrons. The summed E-state index contributed by atoms with van der Waals surface area (Å²) in [7, 11) is 0. The average Bonchev–Trinajstić information content (AvgIpc) is 2.84. The van der Waals surface area contributed by atoms with Gasteiger partial charge in [-0.2, -0.15) is 0 Å². The van der Waals surface area contributed by atoms with E-state index in [9.17, 15) is 4.79 Å². The molecule has 5 heteroatoms. The maximum Gasteiger partial charge on any atom is 0.321 e. The molecule has 0 saturated carbocycles. The second-order valence-electron chi connectivity index (χ2n) is 6.11. The predicted molar refractivity (Wildman–Crippen MR) is 95.1 cm³/mol. The lowest BCUT2D eigenvalue weighted by Gasteiger charge is -2.21. The van der Waals surface area contributed by atoms with Crippen molar-refractivity contribution in [2.24, 2.45) is 0 Å². The van der Waals surface area contributed by atoms with Crippen LogP contribution in [0.3, 0.4) is 0 Å². The molecule has 2 rings (SSSR count). The van der Waals surface area contributed by atoms with Crippen molar-refractivity contribution >= 4 is 17.4 Å². The monoisotopic (exact) mass is 319 g/mol. The van der Waals surface area contributed by atoms with E-state index in [1.165, 1.54) is 12.8 Å². The van der Waals surface area contributed by atoms with Gasteiger partial charge in [0.15, 0.2) is 0 Å². The third kappa shape index (κ3) is 6.10. The van der Waals surface area contributed by atoms with Crippen LogP contribution in [0.1, 0.15) is 39.5 Å². The Hall–Kier alpha value is -1.75. The minimum Gasteiger partial charge on any atom is -0.380 e. The van der Waals surface area contributed by atoms with Crippen molar-refractivity contribution in [1.82, 2.24) is 4.90 Å². The number of carbonyl (C=O) groups excluding carboxylic acids is 1. The molecule has 1 aromatic rings. The van der Waals surface area contributed by atoms with Gasteiger partial charge in [0.05, 0.1) is 6.61 Å². The number of rotatable bonds is 6. The van der Waals surface area contributed by atoms with E-state index in [0.717, 1.165) is 43.9 Å². The molecule has 1 aromatic carbocycles. The van der Waals surface area contributed by atoms with Crippen molar-refractivity contribution in [3.8, 4) is 0 Å². The van der Waals surface area contributed by atoms with Crippen LogP contribution >= 0.6 is 0 Å². The van der Waals surface area contributed by atoms with Crippen LogP contribution in [0, 0.1) is 0 Å². The van der Waals surface area contributed by atoms with Crippen molar-refractivity contribution in [3.05, 3.63) is 24.3 Å². The molecule has 1 aliphatic heterocycles. The number of ether oxygens (including phenoxy) is 1. The van der Waals surface area contributed by atoms with Crippen LogP contribution in [-0.2, 0) is 4.74 Å². The lowest BCUT2D eigenvalue weighted by Crippen LogP contribution is -2.35. The maximum absolute atomic E-state index is 12.3. The first-order valence-corrected chi connectivity index (χ1v) is 8.69. The average molecular weight is 319 g/mol. The third-order valence-electron chi connectivity index (χ3n) is 4.01. The number of nitrogens with zero attached hydrogens (tertiary/aromatic N) is 1. The van der Waals surface area contributed by atoms with Crippen LogP contribution < -0.4 is 10.6 Å². The molecule has 1 fully saturated rings. The van der Waals surface area contributed by atoms with Crippen molar-refractivity contribution in [2.45, 2.75) is 45.6 Å². The first kappa shape index (κ1) is 17.6. The zero-order valence-electron chi connectivity index (χ0n) is 14.3. The summed E-state index contributed by atoms with van der Waals surface area (Å²) in [6, 6.07) is 8.11. The van der Waals surface area contributed by atoms with Gasteiger partial charge in [-0.3, -0.25) is 0 Å². The van der Waals surface area contributed by atoms with Crippen molar-refractivity contribution < 1.29 is 9.53 Å². The van der Waals surface area contributed by atoms with E-state index in [0.29, 0.717) is 6.61 Å². The van der Waals surface area contributed by atoms with Gasteiger partial charge in [-0.05, 0) is 51.0 Å². The first-order chi connectivity index (χ1) is 11.2. The van der Waals surface area contributed by atoms with E-state index < -0.39 is 0 Å². The number of hydrogen-bond donors (Lipinski definition) is 2. The Morgan fingerprint density at radius 2 is 1.74 bits per heavy atom. The minimum atomic E-state index is 0.0114. The highest BCUT2D eigenvalue weighted by Gasteiger charge is 2.15. The minimum absolute atomic E-state index is 0.0114. The van der Waals surface area contributed by atoms with Crippen molar-refractivity contribution in [3.63, 3.8) is 0 Å². The molecule has 128 valence electrons. The lowest BCUT2D eigenvalue weighted by atomic mass is 10.2. The fraction of sp³-hybridized carbons (Fsp3) is 0.611. The number of hydrogen-bond acceptors (Lipinski definition) is 3. The molecule has 2 N–H and O–H groups in total. The Balaban J connectivity index is 1.83. The summed E-state index contributed by atoms with van der Waals surface area (Å²) in [4.78, 5) is 14.2. The summed E-state index contributed by atoms with van der Waals surface area (Å²) in [6.07, 6.45) is 4.66. The van der Waals surface area contributed by atoms with Gasteiger partial charge in [-0.1, -0.05) is 12.8 Å². The number of nitrogens with one attached hydrogen (secondary N) is 2. The molecule has 23 heavy (non-hydrogen) atoms. The Morgan fingerprint density at radius 3 is 2.35 bits per heavy atom. The second kappa shape index (κ2) is 9.40. The zero-order valence-corrected chi connectivity index (χ0v) is 14.3. The molecule has 0 bridgehead atoms. The molecule has 1 heterocycles. The van der Waals surface area contributed by atoms with Crippen LogP contribution in [-0.4, -0.2) is 43.3 Å². The quantitative estimate of drug-likeness (QED) is 0.835. The SMILES string of the molecule is CCOC[C@@H](C)Nc1ccc(NC(=O)N2CCCCCC2)cc1. The largest absolute Gasteiger partial charge is 0.380 e. The highest BCUT2D eigenvalue weighted by Crippen LogP contribution is 2.16. The number of benzene rings is 1. The molecule has 1 aliphatic rings. The molecular weight excluding hydrogens is 290 g/mol. The fourth-order valence-electron chi connectivity index (χ4n) is 2.75. The maximum atomic E-state index is 12.3. The summed E-state index contributed by atoms with van der Waals surface area (Å²) >= 11 is 0. The predicted octanol–water partition coefficient (Wildman–Crippen LogP) is 3.93. The Bertz CT molecular complexity index is 468. The van der Waals surface area contributed by atoms with E-state index in [4.69, 9.17) is 4.74 Å². The smallest absolute Gasteiger partial charge is 0.321 e. The Kier molecular flexibility index (Phi) is 7.20. The van der Waals surface area contributed by atoms with Gasteiger partial charge in [0.25, 0.3) is 0 Å². The molecule has 1 atom stereocenters. The molecule has 5 nitrogen and oxygen atoms in total. The summed E-state index contributed by atoms with van der Waals surface area (Å²) in [5.41, 5.74) is 1.87. The number of likely N-dealkylation sites (tertiary alicyclic amines) is 1. The summed E-state index contributed by atoms with van der Waals surface area (Å²) < 4.78 is 5.40. The van der Waals surface area contributed by atoms with Crippen LogP contribution in [0.25, 0.3) is 0 Å². The second-order valence-corrected chi connectivity index (χ2v) is 6.11. The van der Waals surface area contributed by atoms with Gasteiger partial charge in [0.1, 0.15) is 0 Å². The number of urea groups is 1. The standard InChI is InChI=1S/C18H29N3O2/c1-3-23-14-15(2)19-16-8-10-17(11-9-16)20-18(22)21-12-6-4-5-7-13-21/h8-11,15,19H,3-7,12-14H2,1-2H3,(H,20,22)/t15-/m1/s1. The summed E-state index contributed by atoms with van der Waals surface area (Å²) in [6.45, 7) is 7.22. The summed E-state index contributed by atoms with van der Waals surface area (Å²) in [5, 5.41) is 6.37. The Morgan fingerprint density at radius 1 is 1.13 bits per heavy atom. The molecular formula is C18H29N3O2. The van der Waals surface area contributed by atoms with Crippen LogP contribution in [0.2, 0.25) is 0 Å². The zero-order chi connectivity index (χ0) is 16.5. The first-order valence-electron chi connectivity index (χ1n) is 8.69. The molecule has 1 saturated heterocycles. The van der Waals surface area contributed by atoms with Crippen LogP contribution in [0.5, 0.6) is 0 Å². The van der Waals surface area contributed by atoms with E-state index in [1.807, 2.05) is 36.1 Å². The topological polar surface area (TPSA) is 53.6 Å². The van der Waals surface area contributed by atoms with Gasteiger partial charge in [-0.15, -0.1) is 0 Å². The third-order valence-corrected chi connectivity index (χ3v) is 4.01. The van der Waals surface area contributed by atoms with E-state index >= 15 is 0 Å². The van der Waals surface area contributed by atoms with Crippen LogP contribution in [0.15, 0.2) is 24.3 Å². The van der Waals surface area contributed by atoms with E-state index in [1.54, 1.807) is 0 Å². The van der Waals surface area contributed by atoms with Crippen molar-refractivity contribution in [1.29, 1.82) is 0 Å². The van der Waals surface area contributed by atoms with Gasteiger partial charge >= 0.3 is 6.03 Å². The Labute approximate surface area is 139 Å². The highest BCUT2D eigenvalue weighted by molar-refractivity contribution is 5.89. The van der Waals surface area contributed by atoms with E-state index in [-0.39, 0.29) is 12.1 Å². The molecule has 0 aliphatic carbocycles. The molecule has 0 aromatic heterocycles. The molecule has 2 amide bonds. The van der Waals surface area contributed by atoms with Gasteiger partial charge < -0.3 is 20.3 Å². The highest BCUT2D eigenvalue weighted by atomic mass is 16.5. The number of anilines is 2. The van der Waals surface area contributed by atoms with Crippen molar-refractivity contribution in [2.75, 3.05) is 36.9 Å². The summed E-state index contributed by atoms with van der Waals surface area (Å²) in [5.74, 6) is 0. The number of amides is 2. The van der Waals surface area contributed by atoms with Crippen LogP contribution in [0.4, 0.5) is 16.2 Å². The normalized spacial score (nSPS) is 16.5. The van der Waals surface area contributed by atoms with Gasteiger partial charge in [0.2, 0.25) is 0 Å². The number of carbonyl (C=O) groups is 1. The molecule has 0 unspecified atom stereocenters. The van der Waals surface area contributed by atoms with Gasteiger partial charge in [-0.25, -0.2) is 4.79 Å². The fourth-order valence-corrected chi connectivity index (χ4v) is 2.75. The van der Waals surface area contributed by atoms with E-state index in [2.05, 4.69) is 17.6 Å².